The first-order valence-corrected chi connectivity index (χ1v) is 7.70. The number of nitrogens with zero attached hydrogens (tertiary/aromatic N) is 4. The predicted octanol–water partition coefficient (Wildman–Crippen LogP) is 3.42. The van der Waals surface area contributed by atoms with Gasteiger partial charge in [0.15, 0.2) is 0 Å². The van der Waals surface area contributed by atoms with E-state index in [1.165, 1.54) is 0 Å². The van der Waals surface area contributed by atoms with Gasteiger partial charge in [-0.2, -0.15) is 10.2 Å². The summed E-state index contributed by atoms with van der Waals surface area (Å²) in [6.45, 7) is 0. The molecule has 0 aliphatic heterocycles. The van der Waals surface area contributed by atoms with Gasteiger partial charge in [0.25, 0.3) is 0 Å². The number of rotatable bonds is 4. The maximum absolute atomic E-state index is 11.1. The zero-order valence-corrected chi connectivity index (χ0v) is 13.1. The molecule has 122 valence electrons. The second kappa shape index (κ2) is 6.09. The van der Waals surface area contributed by atoms with E-state index in [2.05, 4.69) is 10.2 Å². The summed E-state index contributed by atoms with van der Waals surface area (Å²) in [5.74, 6) is -0.949. The van der Waals surface area contributed by atoms with Gasteiger partial charge in [-0.25, -0.2) is 14.2 Å². The molecule has 6 nitrogen and oxygen atoms in total. The van der Waals surface area contributed by atoms with E-state index in [9.17, 15) is 4.79 Å². The largest absolute Gasteiger partial charge is 0.478 e. The lowest BCUT2D eigenvalue weighted by atomic mass is 10.1. The minimum atomic E-state index is -0.949. The van der Waals surface area contributed by atoms with Gasteiger partial charge in [0.2, 0.25) is 0 Å². The molecule has 0 fully saturated rings. The van der Waals surface area contributed by atoms with Crippen LogP contribution in [-0.2, 0) is 0 Å². The lowest BCUT2D eigenvalue weighted by Gasteiger charge is -2.05. The normalized spacial score (nSPS) is 10.7. The van der Waals surface area contributed by atoms with Gasteiger partial charge in [0.1, 0.15) is 0 Å². The summed E-state index contributed by atoms with van der Waals surface area (Å²) in [6.07, 6.45) is 5.47. The molecule has 0 saturated carbocycles. The Kier molecular flexibility index (Phi) is 3.63. The van der Waals surface area contributed by atoms with Crippen LogP contribution < -0.4 is 0 Å². The van der Waals surface area contributed by atoms with Crippen LogP contribution in [0.15, 0.2) is 79.3 Å². The highest BCUT2D eigenvalue weighted by molar-refractivity contribution is 5.89. The Hall–Kier alpha value is -3.67. The molecule has 4 rings (SSSR count). The average molecular weight is 330 g/mol. The van der Waals surface area contributed by atoms with Gasteiger partial charge < -0.3 is 5.11 Å². The van der Waals surface area contributed by atoms with Crippen molar-refractivity contribution >= 4 is 5.97 Å². The number of hydrogen-bond acceptors (Lipinski definition) is 3. The Morgan fingerprint density at radius 1 is 0.880 bits per heavy atom. The number of hydrogen-bond donors (Lipinski definition) is 1. The average Bonchev–Trinajstić information content (AvgIpc) is 3.34. The first-order valence-electron chi connectivity index (χ1n) is 7.70. The van der Waals surface area contributed by atoms with Gasteiger partial charge in [-0.1, -0.05) is 12.1 Å². The molecule has 0 bridgehead atoms. The molecular formula is C19H14N4O2. The molecule has 25 heavy (non-hydrogen) atoms. The fourth-order valence-electron chi connectivity index (χ4n) is 2.61. The monoisotopic (exact) mass is 330 g/mol. The highest BCUT2D eigenvalue weighted by Gasteiger charge is 2.08. The van der Waals surface area contributed by atoms with Gasteiger partial charge in [-0.05, 0) is 48.5 Å². The number of aromatic carboxylic acids is 1. The van der Waals surface area contributed by atoms with Crippen molar-refractivity contribution in [1.29, 1.82) is 0 Å². The molecule has 2 aromatic heterocycles. The van der Waals surface area contributed by atoms with E-state index in [1.54, 1.807) is 33.8 Å². The van der Waals surface area contributed by atoms with Crippen LogP contribution in [0, 0.1) is 0 Å². The van der Waals surface area contributed by atoms with Gasteiger partial charge in [0, 0.05) is 24.2 Å². The molecule has 1 N–H and O–H groups in total. The van der Waals surface area contributed by atoms with Crippen molar-refractivity contribution < 1.29 is 9.90 Å². The second-order valence-electron chi connectivity index (χ2n) is 5.50. The van der Waals surface area contributed by atoms with Crippen LogP contribution in [0.2, 0.25) is 0 Å². The maximum Gasteiger partial charge on any atom is 0.335 e. The standard InChI is InChI=1S/C19H14N4O2/c24-19(25)15-4-1-3-14(13-15)18-9-12-23(21-18)17-7-5-16(6-8-17)22-11-2-10-20-22/h1-13H,(H,24,25). The van der Waals surface area contributed by atoms with E-state index in [4.69, 9.17) is 5.11 Å². The summed E-state index contributed by atoms with van der Waals surface area (Å²) >= 11 is 0. The van der Waals surface area contributed by atoms with Gasteiger partial charge in [-0.15, -0.1) is 0 Å². The van der Waals surface area contributed by atoms with E-state index in [1.807, 2.05) is 54.9 Å². The molecule has 0 amide bonds. The Balaban J connectivity index is 1.63. The van der Waals surface area contributed by atoms with E-state index >= 15 is 0 Å². The molecule has 0 radical (unpaired) electrons. The molecule has 0 unspecified atom stereocenters. The van der Waals surface area contributed by atoms with E-state index in [0.717, 1.165) is 22.6 Å². The van der Waals surface area contributed by atoms with E-state index < -0.39 is 5.97 Å². The third-order valence-electron chi connectivity index (χ3n) is 3.88. The number of carbonyl (C=O) groups is 1. The van der Waals surface area contributed by atoms with Crippen LogP contribution in [0.5, 0.6) is 0 Å². The summed E-state index contributed by atoms with van der Waals surface area (Å²) in [6, 6.07) is 18.3. The van der Waals surface area contributed by atoms with Crippen LogP contribution in [-0.4, -0.2) is 30.6 Å². The zero-order chi connectivity index (χ0) is 17.2. The van der Waals surface area contributed by atoms with Crippen molar-refractivity contribution in [1.82, 2.24) is 19.6 Å². The number of carboxylic acid groups (broad SMARTS) is 1. The lowest BCUT2D eigenvalue weighted by Crippen LogP contribution is -1.98. The smallest absolute Gasteiger partial charge is 0.335 e. The fourth-order valence-corrected chi connectivity index (χ4v) is 2.61. The molecule has 0 aliphatic carbocycles. The van der Waals surface area contributed by atoms with Crippen LogP contribution in [0.3, 0.4) is 0 Å². The fraction of sp³-hybridized carbons (Fsp3) is 0. The minimum absolute atomic E-state index is 0.246. The van der Waals surface area contributed by atoms with Crippen molar-refractivity contribution in [3.63, 3.8) is 0 Å². The van der Waals surface area contributed by atoms with Crippen LogP contribution >= 0.6 is 0 Å². The third-order valence-corrected chi connectivity index (χ3v) is 3.88. The molecule has 4 aromatic rings. The highest BCUT2D eigenvalue weighted by atomic mass is 16.4. The van der Waals surface area contributed by atoms with Crippen molar-refractivity contribution in [3.8, 4) is 22.6 Å². The topological polar surface area (TPSA) is 72.9 Å². The second-order valence-corrected chi connectivity index (χ2v) is 5.50. The Morgan fingerprint density at radius 3 is 2.32 bits per heavy atom. The quantitative estimate of drug-likeness (QED) is 0.622. The van der Waals surface area contributed by atoms with Crippen molar-refractivity contribution in [2.24, 2.45) is 0 Å². The SMILES string of the molecule is O=C(O)c1cccc(-c2ccn(-c3ccc(-n4cccn4)cc3)n2)c1. The number of carboxylic acids is 1. The van der Waals surface area contributed by atoms with Crippen LogP contribution in [0.4, 0.5) is 0 Å². The number of aromatic nitrogens is 4. The molecule has 0 saturated heterocycles. The van der Waals surface area contributed by atoms with Crippen molar-refractivity contribution in [3.05, 3.63) is 84.8 Å². The first-order chi connectivity index (χ1) is 12.2. The summed E-state index contributed by atoms with van der Waals surface area (Å²) in [5, 5.41) is 17.9. The van der Waals surface area contributed by atoms with E-state index in [0.29, 0.717) is 0 Å². The zero-order valence-electron chi connectivity index (χ0n) is 13.1. The lowest BCUT2D eigenvalue weighted by molar-refractivity contribution is 0.0697. The summed E-state index contributed by atoms with van der Waals surface area (Å²) in [5.41, 5.74) is 3.62. The molecule has 0 spiro atoms. The molecule has 6 heteroatoms. The van der Waals surface area contributed by atoms with Crippen molar-refractivity contribution in [2.75, 3.05) is 0 Å². The summed E-state index contributed by atoms with van der Waals surface area (Å²) < 4.78 is 3.55. The van der Waals surface area contributed by atoms with Crippen LogP contribution in [0.1, 0.15) is 10.4 Å². The molecular weight excluding hydrogens is 316 g/mol. The Bertz CT molecular complexity index is 1020. The number of benzene rings is 2. The van der Waals surface area contributed by atoms with Crippen LogP contribution in [0.25, 0.3) is 22.6 Å². The van der Waals surface area contributed by atoms with Gasteiger partial charge in [0.05, 0.1) is 22.6 Å². The predicted molar refractivity (Wildman–Crippen MR) is 93.1 cm³/mol. The van der Waals surface area contributed by atoms with E-state index in [-0.39, 0.29) is 5.56 Å². The summed E-state index contributed by atoms with van der Waals surface area (Å²) in [4.78, 5) is 11.1. The molecule has 0 atom stereocenters. The van der Waals surface area contributed by atoms with Gasteiger partial charge in [-0.3, -0.25) is 0 Å². The Labute approximate surface area is 143 Å². The van der Waals surface area contributed by atoms with Gasteiger partial charge >= 0.3 is 5.97 Å². The highest BCUT2D eigenvalue weighted by Crippen LogP contribution is 2.20. The molecule has 2 heterocycles. The minimum Gasteiger partial charge on any atom is -0.478 e. The van der Waals surface area contributed by atoms with Crippen molar-refractivity contribution in [2.45, 2.75) is 0 Å². The third kappa shape index (κ3) is 2.92. The molecule has 0 aliphatic rings. The Morgan fingerprint density at radius 2 is 1.64 bits per heavy atom. The molecule has 2 aromatic carbocycles. The first kappa shape index (κ1) is 14.9. The summed E-state index contributed by atoms with van der Waals surface area (Å²) in [7, 11) is 0. The maximum atomic E-state index is 11.1.